The largest absolute Gasteiger partial charge is 0.465 e. The average molecular weight is 367 g/mol. The van der Waals surface area contributed by atoms with Crippen molar-refractivity contribution in [2.45, 2.75) is 70.6 Å². The first-order valence-electron chi connectivity index (χ1n) is 9.71. The molecule has 1 fully saturated rings. The maximum atomic E-state index is 12.4. The van der Waals surface area contributed by atoms with Crippen LogP contribution in [0.5, 0.6) is 0 Å². The number of esters is 1. The molecular weight excluding hydrogens is 336 g/mol. The smallest absolute Gasteiger partial charge is 0.315 e. The molecule has 0 aliphatic heterocycles. The van der Waals surface area contributed by atoms with Gasteiger partial charge in [-0.1, -0.05) is 56.8 Å². The van der Waals surface area contributed by atoms with Crippen LogP contribution in [0.3, 0.4) is 0 Å². The van der Waals surface area contributed by atoms with Gasteiger partial charge < -0.3 is 9.47 Å². The van der Waals surface area contributed by atoms with E-state index < -0.39 is 5.92 Å². The number of carbonyl (C=O) groups is 1. The summed E-state index contributed by atoms with van der Waals surface area (Å²) < 4.78 is 11.0. The molecule has 140 valence electrons. The number of rotatable bonds is 9. The van der Waals surface area contributed by atoms with Gasteiger partial charge in [0.1, 0.15) is 5.92 Å². The summed E-state index contributed by atoms with van der Waals surface area (Å²) in [7, 11) is 0. The van der Waals surface area contributed by atoms with E-state index in [4.69, 9.17) is 21.1 Å². The lowest BCUT2D eigenvalue weighted by Crippen LogP contribution is -2.22. The predicted octanol–water partition coefficient (Wildman–Crippen LogP) is 5.85. The molecule has 0 aromatic heterocycles. The number of benzene rings is 1. The molecule has 0 saturated heterocycles. The van der Waals surface area contributed by atoms with Crippen LogP contribution in [0.1, 0.15) is 81.8 Å². The quantitative estimate of drug-likeness (QED) is 0.406. The predicted molar refractivity (Wildman–Crippen MR) is 102 cm³/mol. The molecule has 0 N–H and O–H groups in total. The Bertz CT molecular complexity index is 538. The lowest BCUT2D eigenvalue weighted by molar-refractivity contribution is -0.147. The third-order valence-corrected chi connectivity index (χ3v) is 5.17. The van der Waals surface area contributed by atoms with Crippen LogP contribution in [0.4, 0.5) is 0 Å². The Morgan fingerprint density at radius 2 is 1.88 bits per heavy atom. The van der Waals surface area contributed by atoms with Gasteiger partial charge in [-0.3, -0.25) is 4.79 Å². The van der Waals surface area contributed by atoms with Crippen LogP contribution in [0.25, 0.3) is 0 Å². The number of carbonyl (C=O) groups excluding carboxylic acids is 1. The fourth-order valence-electron chi connectivity index (χ4n) is 3.45. The maximum Gasteiger partial charge on any atom is 0.315 e. The second-order valence-electron chi connectivity index (χ2n) is 6.91. The molecule has 2 rings (SSSR count). The molecule has 1 aromatic carbocycles. The second kappa shape index (κ2) is 10.8. The molecule has 4 heteroatoms. The zero-order chi connectivity index (χ0) is 18.1. The number of hydrogen-bond donors (Lipinski definition) is 0. The van der Waals surface area contributed by atoms with E-state index in [9.17, 15) is 4.79 Å². The van der Waals surface area contributed by atoms with Crippen molar-refractivity contribution in [3.8, 4) is 0 Å². The van der Waals surface area contributed by atoms with E-state index in [1.165, 1.54) is 37.7 Å². The highest BCUT2D eigenvalue weighted by molar-refractivity contribution is 6.31. The summed E-state index contributed by atoms with van der Waals surface area (Å²) in [6, 6.07) is 6.08. The van der Waals surface area contributed by atoms with Crippen LogP contribution in [-0.2, 0) is 14.3 Å². The van der Waals surface area contributed by atoms with Gasteiger partial charge in [0.15, 0.2) is 0 Å². The van der Waals surface area contributed by atoms with E-state index >= 15 is 0 Å². The number of halogens is 1. The van der Waals surface area contributed by atoms with Crippen molar-refractivity contribution in [1.29, 1.82) is 0 Å². The lowest BCUT2D eigenvalue weighted by atomic mass is 9.83. The van der Waals surface area contributed by atoms with Crippen molar-refractivity contribution in [1.82, 2.24) is 0 Å². The van der Waals surface area contributed by atoms with E-state index in [-0.39, 0.29) is 5.97 Å². The van der Waals surface area contributed by atoms with Gasteiger partial charge in [-0.2, -0.15) is 0 Å². The molecule has 3 nitrogen and oxygen atoms in total. The molecular formula is C21H31ClO3. The van der Waals surface area contributed by atoms with E-state index in [1.54, 1.807) is 0 Å². The molecule has 1 unspecified atom stereocenters. The zero-order valence-corrected chi connectivity index (χ0v) is 16.3. The van der Waals surface area contributed by atoms with Crippen LogP contribution in [0, 0.1) is 0 Å². The van der Waals surface area contributed by atoms with Crippen molar-refractivity contribution in [3.63, 3.8) is 0 Å². The van der Waals surface area contributed by atoms with Crippen molar-refractivity contribution < 1.29 is 14.3 Å². The van der Waals surface area contributed by atoms with Gasteiger partial charge in [0.2, 0.25) is 0 Å². The standard InChI is InChI=1S/C21H31ClO3/c1-3-12-24-15-19(21(23)25-13-4-2)17-10-11-18(20(22)14-17)16-8-6-5-7-9-16/h10-11,14,16,19H,3-9,12-13,15H2,1-2H3. The van der Waals surface area contributed by atoms with Crippen molar-refractivity contribution in [2.24, 2.45) is 0 Å². The first-order valence-corrected chi connectivity index (χ1v) is 10.1. The summed E-state index contributed by atoms with van der Waals surface area (Å²) in [6.45, 7) is 5.48. The summed E-state index contributed by atoms with van der Waals surface area (Å²) in [5.41, 5.74) is 2.11. The SMILES string of the molecule is CCCOCC(C(=O)OCCC)c1ccc(C2CCCCC2)c(Cl)c1. The minimum atomic E-state index is -0.406. The minimum absolute atomic E-state index is 0.223. The molecule has 1 aliphatic carbocycles. The summed E-state index contributed by atoms with van der Waals surface area (Å²) in [4.78, 5) is 12.4. The zero-order valence-electron chi connectivity index (χ0n) is 15.6. The summed E-state index contributed by atoms with van der Waals surface area (Å²) in [6.07, 6.45) is 8.04. The van der Waals surface area contributed by atoms with E-state index in [0.29, 0.717) is 25.7 Å². The van der Waals surface area contributed by atoms with Crippen LogP contribution in [-0.4, -0.2) is 25.8 Å². The van der Waals surface area contributed by atoms with Crippen LogP contribution >= 0.6 is 11.6 Å². The van der Waals surface area contributed by atoms with Crippen molar-refractivity contribution >= 4 is 17.6 Å². The normalized spacial score (nSPS) is 16.6. The van der Waals surface area contributed by atoms with Crippen molar-refractivity contribution in [3.05, 3.63) is 34.3 Å². The molecule has 0 heterocycles. The molecule has 0 amide bonds. The topological polar surface area (TPSA) is 35.5 Å². The van der Waals surface area contributed by atoms with Gasteiger partial charge in [-0.25, -0.2) is 0 Å². The number of ether oxygens (including phenoxy) is 2. The lowest BCUT2D eigenvalue weighted by Gasteiger charge is -2.24. The van der Waals surface area contributed by atoms with Gasteiger partial charge in [0.25, 0.3) is 0 Å². The third-order valence-electron chi connectivity index (χ3n) is 4.84. The molecule has 25 heavy (non-hydrogen) atoms. The Morgan fingerprint density at radius 3 is 2.52 bits per heavy atom. The average Bonchev–Trinajstić information content (AvgIpc) is 2.64. The Morgan fingerprint density at radius 1 is 1.16 bits per heavy atom. The Labute approximate surface area is 157 Å². The third kappa shape index (κ3) is 6.00. The van der Waals surface area contributed by atoms with Gasteiger partial charge >= 0.3 is 5.97 Å². The summed E-state index contributed by atoms with van der Waals surface area (Å²) in [5.74, 6) is -0.0763. The first kappa shape index (κ1) is 20.3. The monoisotopic (exact) mass is 366 g/mol. The minimum Gasteiger partial charge on any atom is -0.465 e. The molecule has 1 aromatic rings. The van der Waals surface area contributed by atoms with Crippen LogP contribution in [0.2, 0.25) is 5.02 Å². The Kier molecular flexibility index (Phi) is 8.77. The molecule has 0 spiro atoms. The fraction of sp³-hybridized carbons (Fsp3) is 0.667. The van der Waals surface area contributed by atoms with Gasteiger partial charge in [-0.15, -0.1) is 0 Å². The van der Waals surface area contributed by atoms with E-state index in [0.717, 1.165) is 23.4 Å². The molecule has 0 radical (unpaired) electrons. The first-order chi connectivity index (χ1) is 12.2. The fourth-order valence-corrected chi connectivity index (χ4v) is 3.80. The van der Waals surface area contributed by atoms with Gasteiger partial charge in [-0.05, 0) is 48.8 Å². The highest BCUT2D eigenvalue weighted by Crippen LogP contribution is 2.37. The second-order valence-corrected chi connectivity index (χ2v) is 7.32. The van der Waals surface area contributed by atoms with E-state index in [1.807, 2.05) is 19.1 Å². The highest BCUT2D eigenvalue weighted by Gasteiger charge is 2.25. The van der Waals surface area contributed by atoms with Crippen molar-refractivity contribution in [2.75, 3.05) is 19.8 Å². The maximum absolute atomic E-state index is 12.4. The summed E-state index contributed by atoms with van der Waals surface area (Å²) >= 11 is 6.58. The van der Waals surface area contributed by atoms with Crippen LogP contribution < -0.4 is 0 Å². The Balaban J connectivity index is 2.14. The molecule has 1 atom stereocenters. The summed E-state index contributed by atoms with van der Waals surface area (Å²) in [5, 5.41) is 0.771. The van der Waals surface area contributed by atoms with Gasteiger partial charge in [0.05, 0.1) is 13.2 Å². The Hall–Kier alpha value is -1.06. The molecule has 0 bridgehead atoms. The number of hydrogen-bond acceptors (Lipinski definition) is 3. The highest BCUT2D eigenvalue weighted by atomic mass is 35.5. The van der Waals surface area contributed by atoms with Crippen LogP contribution in [0.15, 0.2) is 18.2 Å². The molecule has 1 saturated carbocycles. The van der Waals surface area contributed by atoms with Gasteiger partial charge in [0, 0.05) is 11.6 Å². The molecule has 1 aliphatic rings. The van der Waals surface area contributed by atoms with E-state index in [2.05, 4.69) is 13.0 Å².